The molecular formula is C16H24N2. The van der Waals surface area contributed by atoms with Crippen molar-refractivity contribution >= 4 is 5.69 Å². The Kier molecular flexibility index (Phi) is 2.50. The van der Waals surface area contributed by atoms with Gasteiger partial charge < -0.3 is 10.6 Å². The fourth-order valence-electron chi connectivity index (χ4n) is 3.48. The summed E-state index contributed by atoms with van der Waals surface area (Å²) in [6.45, 7) is 11.5. The average Bonchev–Trinajstić information content (AvgIpc) is 2.71. The lowest BCUT2D eigenvalue weighted by molar-refractivity contribution is 0.457. The van der Waals surface area contributed by atoms with E-state index in [1.165, 1.54) is 23.2 Å². The average molecular weight is 244 g/mol. The smallest absolute Gasteiger partial charge is 0.0419 e. The molecule has 1 heterocycles. The number of anilines is 1. The van der Waals surface area contributed by atoms with Crippen LogP contribution in [0, 0.1) is 10.8 Å². The first-order chi connectivity index (χ1) is 8.44. The van der Waals surface area contributed by atoms with Crippen molar-refractivity contribution in [2.45, 2.75) is 46.7 Å². The Hall–Kier alpha value is -1.02. The maximum absolute atomic E-state index is 3.74. The number of para-hydroxylation sites is 1. The summed E-state index contributed by atoms with van der Waals surface area (Å²) in [6.07, 6.45) is 1.17. The van der Waals surface area contributed by atoms with Crippen LogP contribution in [0.1, 0.15) is 38.8 Å². The minimum Gasteiger partial charge on any atom is -0.384 e. The van der Waals surface area contributed by atoms with Gasteiger partial charge in [0.15, 0.2) is 0 Å². The maximum atomic E-state index is 3.74. The van der Waals surface area contributed by atoms with E-state index in [4.69, 9.17) is 0 Å². The molecule has 0 bridgehead atoms. The van der Waals surface area contributed by atoms with E-state index in [1.54, 1.807) is 0 Å². The van der Waals surface area contributed by atoms with Crippen molar-refractivity contribution in [3.8, 4) is 0 Å². The van der Waals surface area contributed by atoms with Crippen LogP contribution in [0.5, 0.6) is 0 Å². The van der Waals surface area contributed by atoms with Crippen LogP contribution in [-0.4, -0.2) is 12.6 Å². The van der Waals surface area contributed by atoms with E-state index in [1.807, 2.05) is 0 Å². The minimum absolute atomic E-state index is 0.415. The molecule has 0 atom stereocenters. The molecule has 0 unspecified atom stereocenters. The molecule has 1 aliphatic carbocycles. The quantitative estimate of drug-likeness (QED) is 0.853. The second-order valence-electron chi connectivity index (χ2n) is 6.89. The molecule has 1 fully saturated rings. The first-order valence-electron chi connectivity index (χ1n) is 7.02. The van der Waals surface area contributed by atoms with Gasteiger partial charge in [0.25, 0.3) is 0 Å². The van der Waals surface area contributed by atoms with Crippen molar-refractivity contribution < 1.29 is 0 Å². The molecular weight excluding hydrogens is 220 g/mol. The summed E-state index contributed by atoms with van der Waals surface area (Å²) < 4.78 is 0. The summed E-state index contributed by atoms with van der Waals surface area (Å²) in [5.74, 6) is 0. The summed E-state index contributed by atoms with van der Waals surface area (Å²) in [5, 5.41) is 7.26. The fraction of sp³-hybridized carbons (Fsp3) is 0.625. The molecule has 0 radical (unpaired) electrons. The molecule has 98 valence electrons. The van der Waals surface area contributed by atoms with E-state index in [0.717, 1.165) is 13.1 Å². The topological polar surface area (TPSA) is 24.1 Å². The number of hydrogen-bond donors (Lipinski definition) is 2. The largest absolute Gasteiger partial charge is 0.384 e. The van der Waals surface area contributed by atoms with Gasteiger partial charge in [-0.15, -0.1) is 0 Å². The Morgan fingerprint density at radius 2 is 1.94 bits per heavy atom. The number of fused-ring (bicyclic) bond motifs is 1. The third kappa shape index (κ3) is 1.58. The van der Waals surface area contributed by atoms with Crippen LogP contribution in [0.15, 0.2) is 18.2 Å². The molecule has 0 saturated heterocycles. The number of nitrogens with one attached hydrogen (secondary N) is 2. The van der Waals surface area contributed by atoms with E-state index in [0.29, 0.717) is 16.9 Å². The monoisotopic (exact) mass is 244 g/mol. The SMILES string of the molecule is CC1(C)C(NCc2cccc3c2NCC3)C1(C)C. The molecule has 2 N–H and O–H groups in total. The van der Waals surface area contributed by atoms with Crippen LogP contribution in [0.4, 0.5) is 5.69 Å². The molecule has 2 aliphatic rings. The van der Waals surface area contributed by atoms with Gasteiger partial charge in [-0.05, 0) is 28.4 Å². The molecule has 1 aromatic carbocycles. The highest BCUT2D eigenvalue weighted by Gasteiger charge is 2.64. The maximum Gasteiger partial charge on any atom is 0.0419 e. The Morgan fingerprint density at radius 3 is 2.61 bits per heavy atom. The molecule has 2 nitrogen and oxygen atoms in total. The predicted octanol–water partition coefficient (Wildman–Crippen LogP) is 3.18. The zero-order chi connectivity index (χ0) is 13.0. The first-order valence-corrected chi connectivity index (χ1v) is 7.02. The van der Waals surface area contributed by atoms with Crippen LogP contribution in [0.25, 0.3) is 0 Å². The fourth-order valence-corrected chi connectivity index (χ4v) is 3.48. The van der Waals surface area contributed by atoms with Gasteiger partial charge in [0, 0.05) is 24.8 Å². The molecule has 0 amide bonds. The molecule has 0 spiro atoms. The normalized spacial score (nSPS) is 23.6. The number of benzene rings is 1. The highest BCUT2D eigenvalue weighted by molar-refractivity contribution is 5.61. The van der Waals surface area contributed by atoms with Crippen LogP contribution in [-0.2, 0) is 13.0 Å². The van der Waals surface area contributed by atoms with E-state index >= 15 is 0 Å². The van der Waals surface area contributed by atoms with Gasteiger partial charge >= 0.3 is 0 Å². The van der Waals surface area contributed by atoms with Gasteiger partial charge in [0.05, 0.1) is 0 Å². The summed E-state index contributed by atoms with van der Waals surface area (Å²) in [7, 11) is 0. The third-order valence-corrected chi connectivity index (χ3v) is 5.45. The summed E-state index contributed by atoms with van der Waals surface area (Å²) in [5.41, 5.74) is 5.10. The van der Waals surface area contributed by atoms with E-state index in [2.05, 4.69) is 56.5 Å². The zero-order valence-electron chi connectivity index (χ0n) is 11.9. The summed E-state index contributed by atoms with van der Waals surface area (Å²) in [6, 6.07) is 7.30. The van der Waals surface area contributed by atoms with Crippen molar-refractivity contribution in [2.24, 2.45) is 10.8 Å². The van der Waals surface area contributed by atoms with Crippen molar-refractivity contribution in [1.29, 1.82) is 0 Å². The van der Waals surface area contributed by atoms with Crippen molar-refractivity contribution in [2.75, 3.05) is 11.9 Å². The molecule has 1 aliphatic heterocycles. The van der Waals surface area contributed by atoms with Crippen LogP contribution in [0.3, 0.4) is 0 Å². The number of rotatable bonds is 3. The van der Waals surface area contributed by atoms with E-state index in [9.17, 15) is 0 Å². The predicted molar refractivity (Wildman–Crippen MR) is 76.8 cm³/mol. The van der Waals surface area contributed by atoms with Crippen molar-refractivity contribution in [1.82, 2.24) is 5.32 Å². The number of hydrogen-bond acceptors (Lipinski definition) is 2. The van der Waals surface area contributed by atoms with Gasteiger partial charge in [-0.25, -0.2) is 0 Å². The molecule has 18 heavy (non-hydrogen) atoms. The Bertz CT molecular complexity index is 460. The third-order valence-electron chi connectivity index (χ3n) is 5.45. The van der Waals surface area contributed by atoms with Crippen molar-refractivity contribution in [3.63, 3.8) is 0 Å². The van der Waals surface area contributed by atoms with Gasteiger partial charge in [-0.2, -0.15) is 0 Å². The summed E-state index contributed by atoms with van der Waals surface area (Å²) in [4.78, 5) is 0. The summed E-state index contributed by atoms with van der Waals surface area (Å²) >= 11 is 0. The van der Waals surface area contributed by atoms with Crippen LogP contribution >= 0.6 is 0 Å². The highest BCUT2D eigenvalue weighted by Crippen LogP contribution is 2.62. The lowest BCUT2D eigenvalue weighted by atomic mass is 10.0. The second-order valence-corrected chi connectivity index (χ2v) is 6.89. The Balaban J connectivity index is 1.71. The van der Waals surface area contributed by atoms with Gasteiger partial charge in [-0.1, -0.05) is 45.9 Å². The standard InChI is InChI=1S/C16H24N2/c1-15(2)14(16(15,3)4)18-10-12-7-5-6-11-8-9-17-13(11)12/h5-7,14,17-18H,8-10H2,1-4H3. The van der Waals surface area contributed by atoms with Gasteiger partial charge in [-0.3, -0.25) is 0 Å². The molecule has 1 saturated carbocycles. The molecule has 1 aromatic rings. The zero-order valence-corrected chi connectivity index (χ0v) is 11.9. The lowest BCUT2D eigenvalue weighted by Gasteiger charge is -2.11. The van der Waals surface area contributed by atoms with Crippen LogP contribution in [0.2, 0.25) is 0 Å². The Labute approximate surface area is 110 Å². The highest BCUT2D eigenvalue weighted by atomic mass is 15.0. The molecule has 0 aromatic heterocycles. The molecule has 2 heteroatoms. The Morgan fingerprint density at radius 1 is 1.22 bits per heavy atom. The minimum atomic E-state index is 0.415. The first kappa shape index (κ1) is 12.0. The second kappa shape index (κ2) is 3.74. The lowest BCUT2D eigenvalue weighted by Crippen LogP contribution is -2.22. The van der Waals surface area contributed by atoms with Crippen LogP contribution < -0.4 is 10.6 Å². The van der Waals surface area contributed by atoms with Crippen molar-refractivity contribution in [3.05, 3.63) is 29.3 Å². The van der Waals surface area contributed by atoms with E-state index < -0.39 is 0 Å². The van der Waals surface area contributed by atoms with E-state index in [-0.39, 0.29) is 0 Å². The van der Waals surface area contributed by atoms with Gasteiger partial charge in [0.2, 0.25) is 0 Å². The molecule has 3 rings (SSSR count). The van der Waals surface area contributed by atoms with Gasteiger partial charge in [0.1, 0.15) is 0 Å².